The van der Waals surface area contributed by atoms with Crippen molar-refractivity contribution in [3.63, 3.8) is 0 Å². The van der Waals surface area contributed by atoms with Crippen LogP contribution in [0.5, 0.6) is 0 Å². The molecular formula is C27H28IN5O9S2. The first-order valence-corrected chi connectivity index (χ1v) is 17.9. The van der Waals surface area contributed by atoms with Gasteiger partial charge in [0.2, 0.25) is 0 Å². The molecule has 44 heavy (non-hydrogen) atoms. The van der Waals surface area contributed by atoms with Crippen molar-refractivity contribution >= 4 is 65.7 Å². The number of nitrogens with zero attached hydrogens (tertiary/aromatic N) is 4. The zero-order chi connectivity index (χ0) is 31.5. The number of alkyl halides is 1. The van der Waals surface area contributed by atoms with E-state index < -0.39 is 61.2 Å². The highest BCUT2D eigenvalue weighted by Crippen LogP contribution is 2.45. The smallest absolute Gasteiger partial charge is 0.264 e. The van der Waals surface area contributed by atoms with Crippen LogP contribution in [-0.4, -0.2) is 83.6 Å². The summed E-state index contributed by atoms with van der Waals surface area (Å²) in [6.07, 6.45) is 2.59. The number of hydrogen-bond acceptors (Lipinski definition) is 12. The summed E-state index contributed by atoms with van der Waals surface area (Å²) in [6.45, 7) is -1.10. The Balaban J connectivity index is 1.52. The fraction of sp³-hybridized carbons (Fsp3) is 0.333. The minimum atomic E-state index is -3.98. The molecule has 2 aromatic carbocycles. The van der Waals surface area contributed by atoms with Gasteiger partial charge in [-0.15, -0.1) is 0 Å². The average molecular weight is 758 g/mol. The van der Waals surface area contributed by atoms with Gasteiger partial charge in [0.15, 0.2) is 23.2 Å². The minimum Gasteiger partial charge on any atom is -0.369 e. The van der Waals surface area contributed by atoms with E-state index in [2.05, 4.69) is 42.9 Å². The summed E-state index contributed by atoms with van der Waals surface area (Å²) in [5.41, 5.74) is 0.0979. The number of nitrogens with one attached hydrogen (secondary N) is 1. The number of rotatable bonds is 12. The van der Waals surface area contributed by atoms with Crippen molar-refractivity contribution in [3.8, 4) is 0 Å². The molecule has 2 aromatic heterocycles. The lowest BCUT2D eigenvalue weighted by molar-refractivity contribution is -0.152. The minimum absolute atomic E-state index is 0.100. The van der Waals surface area contributed by atoms with Crippen LogP contribution in [0.1, 0.15) is 22.1 Å². The second-order valence-electron chi connectivity index (χ2n) is 10.0. The second kappa shape index (κ2) is 13.1. The highest BCUT2D eigenvalue weighted by molar-refractivity contribution is 14.1. The third-order valence-corrected chi connectivity index (χ3v) is 9.00. The fourth-order valence-electron chi connectivity index (χ4n) is 4.61. The van der Waals surface area contributed by atoms with Gasteiger partial charge in [0.1, 0.15) is 31.2 Å². The Morgan fingerprint density at radius 3 is 2.18 bits per heavy atom. The Labute approximate surface area is 267 Å². The van der Waals surface area contributed by atoms with Gasteiger partial charge in [-0.3, -0.25) is 17.7 Å². The molecule has 1 amide bonds. The molecule has 1 aliphatic heterocycles. The van der Waals surface area contributed by atoms with Crippen molar-refractivity contribution in [2.45, 2.75) is 28.5 Å². The molecule has 1 saturated heterocycles. The van der Waals surface area contributed by atoms with Crippen LogP contribution in [0.2, 0.25) is 0 Å². The molecule has 1 unspecified atom stereocenters. The number of anilines is 1. The molecule has 14 nitrogen and oxygen atoms in total. The number of aromatic nitrogens is 4. The lowest BCUT2D eigenvalue weighted by atomic mass is 9.98. The molecule has 0 radical (unpaired) electrons. The first kappa shape index (κ1) is 32.3. The number of halogens is 1. The Kier molecular flexibility index (Phi) is 9.64. The van der Waals surface area contributed by atoms with Gasteiger partial charge in [-0.1, -0.05) is 71.1 Å². The molecule has 1 N–H and O–H groups in total. The molecule has 3 heterocycles. The van der Waals surface area contributed by atoms with Gasteiger partial charge in [0, 0.05) is 5.56 Å². The molecule has 4 aromatic rings. The number of carbonyl (C=O) groups is 1. The van der Waals surface area contributed by atoms with Crippen molar-refractivity contribution in [2.75, 3.05) is 31.0 Å². The van der Waals surface area contributed by atoms with Crippen LogP contribution in [0, 0.1) is 0 Å². The summed E-state index contributed by atoms with van der Waals surface area (Å²) in [6, 6.07) is 17.8. The maximum Gasteiger partial charge on any atom is 0.264 e. The average Bonchev–Trinajstić information content (AvgIpc) is 3.53. The summed E-state index contributed by atoms with van der Waals surface area (Å²) in [4.78, 5) is 25.8. The van der Waals surface area contributed by atoms with E-state index in [1.54, 1.807) is 34.9 Å². The van der Waals surface area contributed by atoms with Gasteiger partial charge in [-0.2, -0.15) is 16.8 Å². The predicted octanol–water partition coefficient (Wildman–Crippen LogP) is 2.69. The zero-order valence-corrected chi connectivity index (χ0v) is 27.2. The van der Waals surface area contributed by atoms with Crippen molar-refractivity contribution in [1.82, 2.24) is 19.5 Å². The molecule has 1 aliphatic rings. The molecule has 0 aliphatic carbocycles. The molecule has 3 atom stereocenters. The maximum atomic E-state index is 12.8. The molecule has 0 spiro atoms. The van der Waals surface area contributed by atoms with Crippen LogP contribution in [0.3, 0.4) is 0 Å². The van der Waals surface area contributed by atoms with Crippen molar-refractivity contribution in [3.05, 3.63) is 84.4 Å². The lowest BCUT2D eigenvalue weighted by Gasteiger charge is -2.33. The molecule has 1 fully saturated rings. The number of hydrogen-bond donors (Lipinski definition) is 1. The topological polar surface area (TPSA) is 178 Å². The normalized spacial score (nSPS) is 20.1. The van der Waals surface area contributed by atoms with Crippen molar-refractivity contribution in [1.29, 1.82) is 0 Å². The molecule has 0 bridgehead atoms. The van der Waals surface area contributed by atoms with E-state index in [1.807, 2.05) is 30.3 Å². The van der Waals surface area contributed by atoms with E-state index in [-0.39, 0.29) is 17.9 Å². The van der Waals surface area contributed by atoms with Crippen LogP contribution in [0.25, 0.3) is 11.2 Å². The number of carbonyl (C=O) groups excluding carboxylic acids is 1. The van der Waals surface area contributed by atoms with E-state index in [9.17, 15) is 21.6 Å². The largest absolute Gasteiger partial charge is 0.369 e. The van der Waals surface area contributed by atoms with Gasteiger partial charge >= 0.3 is 0 Å². The van der Waals surface area contributed by atoms with Crippen LogP contribution in [0.15, 0.2) is 73.3 Å². The third-order valence-electron chi connectivity index (χ3n) is 6.64. The standard InChI is InChI=1S/C27H28IN5O9S2/c1-43(35,36)40-14-27(15-41-44(2,37)38)22(39-13-18-9-5-3-6-10-18)20(28)26(42-27)33-17-31-21-23(29-16-30-24(21)33)32-25(34)19-11-7-4-8-12-19/h3-12,16-17,20,22,26H,13-15H2,1-2H3,(H,29,30,32,34)/t20?,22-,26+/m1/s1. The first-order valence-electron chi connectivity index (χ1n) is 13.1. The summed E-state index contributed by atoms with van der Waals surface area (Å²) in [5.74, 6) is -0.233. The van der Waals surface area contributed by atoms with Crippen molar-refractivity contribution in [2.24, 2.45) is 0 Å². The van der Waals surface area contributed by atoms with Gasteiger partial charge in [-0.25, -0.2) is 15.0 Å². The maximum absolute atomic E-state index is 12.8. The Bertz CT molecular complexity index is 1810. The number of fused-ring (bicyclic) bond motifs is 1. The van der Waals surface area contributed by atoms with Gasteiger partial charge in [0.25, 0.3) is 26.1 Å². The predicted molar refractivity (Wildman–Crippen MR) is 167 cm³/mol. The SMILES string of the molecule is CS(=O)(=O)OCC1(COS(C)(=O)=O)O[C@H](n2cnc3c(NC(=O)c4ccccc4)ncnc32)C(I)[C@H]1OCc1ccccc1. The monoisotopic (exact) mass is 757 g/mol. The molecule has 234 valence electrons. The first-order chi connectivity index (χ1) is 20.9. The van der Waals surface area contributed by atoms with Crippen molar-refractivity contribution < 1.29 is 39.5 Å². The number of amides is 1. The summed E-state index contributed by atoms with van der Waals surface area (Å²) < 4.78 is 72.4. The van der Waals surface area contributed by atoms with Gasteiger partial charge < -0.3 is 14.8 Å². The van der Waals surface area contributed by atoms with E-state index in [4.69, 9.17) is 17.8 Å². The van der Waals surface area contributed by atoms with Gasteiger partial charge in [0.05, 0.1) is 29.4 Å². The summed E-state index contributed by atoms with van der Waals surface area (Å²) in [5, 5.41) is 2.75. The summed E-state index contributed by atoms with van der Waals surface area (Å²) in [7, 11) is -7.96. The number of imidazole rings is 1. The highest BCUT2D eigenvalue weighted by atomic mass is 127. The Morgan fingerprint density at radius 2 is 1.57 bits per heavy atom. The van der Waals surface area contributed by atoms with Gasteiger partial charge in [-0.05, 0) is 17.7 Å². The second-order valence-corrected chi connectivity index (χ2v) is 14.8. The van der Waals surface area contributed by atoms with E-state index in [0.29, 0.717) is 11.2 Å². The van der Waals surface area contributed by atoms with E-state index in [0.717, 1.165) is 18.1 Å². The van der Waals surface area contributed by atoms with Crippen LogP contribution in [0.4, 0.5) is 5.82 Å². The third kappa shape index (κ3) is 7.59. The fourth-order valence-corrected chi connectivity index (χ4v) is 6.80. The molecule has 17 heteroatoms. The van der Waals surface area contributed by atoms with E-state index in [1.165, 1.54) is 12.7 Å². The van der Waals surface area contributed by atoms with E-state index >= 15 is 0 Å². The Morgan fingerprint density at radius 1 is 0.955 bits per heavy atom. The quantitative estimate of drug-likeness (QED) is 0.127. The van der Waals surface area contributed by atoms with Crippen LogP contribution in [-0.2, 0) is 44.7 Å². The number of benzene rings is 2. The lowest BCUT2D eigenvalue weighted by Crippen LogP contribution is -2.51. The molecule has 0 saturated carbocycles. The summed E-state index contributed by atoms with van der Waals surface area (Å²) >= 11 is 2.09. The molecular weight excluding hydrogens is 729 g/mol. The highest BCUT2D eigenvalue weighted by Gasteiger charge is 2.57. The van der Waals surface area contributed by atoms with Crippen LogP contribution >= 0.6 is 22.6 Å². The zero-order valence-electron chi connectivity index (χ0n) is 23.4. The number of ether oxygens (including phenoxy) is 2. The Hall–Kier alpha value is -3.07. The van der Waals surface area contributed by atoms with Crippen LogP contribution < -0.4 is 5.32 Å². The molecule has 5 rings (SSSR count).